The van der Waals surface area contributed by atoms with Gasteiger partial charge < -0.3 is 20.6 Å². The summed E-state index contributed by atoms with van der Waals surface area (Å²) in [6.45, 7) is 0. The summed E-state index contributed by atoms with van der Waals surface area (Å²) in [6.07, 6.45) is 1.53. The number of carbonyl (C=O) groups excluding carboxylic acids is 1. The van der Waals surface area contributed by atoms with Crippen molar-refractivity contribution in [3.05, 3.63) is 35.5 Å². The largest absolute Gasteiger partial charge is 0.478 e. The third-order valence-corrected chi connectivity index (χ3v) is 2.76. The highest BCUT2D eigenvalue weighted by Gasteiger charge is 2.23. The van der Waals surface area contributed by atoms with E-state index in [1.165, 1.54) is 19.4 Å². The van der Waals surface area contributed by atoms with Gasteiger partial charge in [-0.3, -0.25) is 4.79 Å². The average Bonchev–Trinajstić information content (AvgIpc) is 2.80. The molecule has 1 atom stereocenters. The maximum atomic E-state index is 11.4. The number of hydrogen-bond donors (Lipinski definition) is 3. The Kier molecular flexibility index (Phi) is 3.03. The Bertz CT molecular complexity index is 618. The minimum atomic E-state index is -1.07. The molecule has 1 aromatic carbocycles. The monoisotopic (exact) mass is 248 g/mol. The van der Waals surface area contributed by atoms with Crippen LogP contribution >= 0.6 is 0 Å². The van der Waals surface area contributed by atoms with E-state index in [2.05, 4.69) is 9.72 Å². The van der Waals surface area contributed by atoms with Gasteiger partial charge in [-0.05, 0) is 12.1 Å². The van der Waals surface area contributed by atoms with Crippen LogP contribution in [0.15, 0.2) is 24.4 Å². The molecule has 0 amide bonds. The minimum Gasteiger partial charge on any atom is -0.478 e. The Morgan fingerprint density at radius 1 is 1.44 bits per heavy atom. The molecule has 1 heterocycles. The van der Waals surface area contributed by atoms with Crippen LogP contribution in [0.2, 0.25) is 0 Å². The highest BCUT2D eigenvalue weighted by molar-refractivity contribution is 6.05. The zero-order valence-corrected chi connectivity index (χ0v) is 9.64. The normalized spacial score (nSPS) is 12.3. The number of ether oxygens (including phenoxy) is 1. The van der Waals surface area contributed by atoms with Crippen molar-refractivity contribution in [3.63, 3.8) is 0 Å². The molecule has 1 unspecified atom stereocenters. The number of aromatic nitrogens is 1. The molecule has 4 N–H and O–H groups in total. The van der Waals surface area contributed by atoms with Crippen LogP contribution < -0.4 is 5.73 Å². The number of nitrogens with one attached hydrogen (secondary N) is 1. The quantitative estimate of drug-likeness (QED) is 0.704. The van der Waals surface area contributed by atoms with Gasteiger partial charge in [0.1, 0.15) is 6.04 Å². The van der Waals surface area contributed by atoms with Crippen LogP contribution in [0.4, 0.5) is 0 Å². The summed E-state index contributed by atoms with van der Waals surface area (Å²) in [5, 5.41) is 9.57. The second-order valence-corrected chi connectivity index (χ2v) is 3.78. The molecule has 0 saturated heterocycles. The fraction of sp³-hybridized carbons (Fsp3) is 0.167. The van der Waals surface area contributed by atoms with Crippen molar-refractivity contribution in [2.24, 2.45) is 5.73 Å². The van der Waals surface area contributed by atoms with E-state index in [1.807, 2.05) is 0 Å². The van der Waals surface area contributed by atoms with Crippen molar-refractivity contribution < 1.29 is 19.4 Å². The van der Waals surface area contributed by atoms with Gasteiger partial charge in [0.25, 0.3) is 0 Å². The van der Waals surface area contributed by atoms with Gasteiger partial charge >= 0.3 is 11.9 Å². The van der Waals surface area contributed by atoms with E-state index in [0.717, 1.165) is 0 Å². The molecule has 0 bridgehead atoms. The SMILES string of the molecule is COC(=O)C(N)c1c[nH]c2cccc(C(=O)O)c12. The molecule has 6 heteroatoms. The van der Waals surface area contributed by atoms with E-state index in [0.29, 0.717) is 16.5 Å². The molecule has 0 saturated carbocycles. The fourth-order valence-corrected chi connectivity index (χ4v) is 1.89. The molecule has 6 nitrogen and oxygen atoms in total. The number of rotatable bonds is 3. The number of fused-ring (bicyclic) bond motifs is 1. The van der Waals surface area contributed by atoms with Gasteiger partial charge in [-0.2, -0.15) is 0 Å². The first-order valence-corrected chi connectivity index (χ1v) is 5.23. The lowest BCUT2D eigenvalue weighted by Gasteiger charge is -2.09. The number of carboxylic acid groups (broad SMARTS) is 1. The van der Waals surface area contributed by atoms with E-state index in [1.54, 1.807) is 12.1 Å². The topological polar surface area (TPSA) is 105 Å². The number of esters is 1. The van der Waals surface area contributed by atoms with Gasteiger partial charge in [-0.15, -0.1) is 0 Å². The first-order chi connectivity index (χ1) is 8.56. The van der Waals surface area contributed by atoms with Crippen LogP contribution in [0.25, 0.3) is 10.9 Å². The lowest BCUT2D eigenvalue weighted by atomic mass is 10.0. The van der Waals surface area contributed by atoms with Crippen LogP contribution in [0.5, 0.6) is 0 Å². The van der Waals surface area contributed by atoms with E-state index in [4.69, 9.17) is 10.8 Å². The predicted octanol–water partition coefficient (Wildman–Crippen LogP) is 1.04. The third-order valence-electron chi connectivity index (χ3n) is 2.76. The molecule has 0 radical (unpaired) electrons. The van der Waals surface area contributed by atoms with Crippen molar-refractivity contribution in [2.75, 3.05) is 7.11 Å². The first-order valence-electron chi connectivity index (χ1n) is 5.23. The maximum Gasteiger partial charge on any atom is 0.336 e. The second-order valence-electron chi connectivity index (χ2n) is 3.78. The lowest BCUT2D eigenvalue weighted by molar-refractivity contribution is -0.142. The zero-order chi connectivity index (χ0) is 13.3. The molecule has 0 aliphatic heterocycles. The molecule has 18 heavy (non-hydrogen) atoms. The van der Waals surface area contributed by atoms with Gasteiger partial charge in [-0.25, -0.2) is 4.79 Å². The Hall–Kier alpha value is -2.34. The number of aromatic carboxylic acids is 1. The molecule has 2 rings (SSSR count). The van der Waals surface area contributed by atoms with E-state index < -0.39 is 18.0 Å². The van der Waals surface area contributed by atoms with E-state index in [9.17, 15) is 9.59 Å². The van der Waals surface area contributed by atoms with E-state index in [-0.39, 0.29) is 5.56 Å². The van der Waals surface area contributed by atoms with Gasteiger partial charge in [0.05, 0.1) is 12.7 Å². The van der Waals surface area contributed by atoms with Crippen molar-refractivity contribution in [1.29, 1.82) is 0 Å². The van der Waals surface area contributed by atoms with Crippen molar-refractivity contribution in [1.82, 2.24) is 4.98 Å². The van der Waals surface area contributed by atoms with Crippen molar-refractivity contribution in [2.45, 2.75) is 6.04 Å². The Balaban J connectivity index is 2.65. The molecule has 0 spiro atoms. The van der Waals surface area contributed by atoms with E-state index >= 15 is 0 Å². The molecular weight excluding hydrogens is 236 g/mol. The van der Waals surface area contributed by atoms with Crippen LogP contribution in [0.3, 0.4) is 0 Å². The number of carbonyl (C=O) groups is 2. The fourth-order valence-electron chi connectivity index (χ4n) is 1.89. The van der Waals surface area contributed by atoms with Crippen LogP contribution in [-0.4, -0.2) is 29.1 Å². The van der Waals surface area contributed by atoms with Gasteiger partial charge in [0.15, 0.2) is 0 Å². The molecular formula is C12H12N2O4. The lowest BCUT2D eigenvalue weighted by Crippen LogP contribution is -2.22. The van der Waals surface area contributed by atoms with Crippen LogP contribution in [0.1, 0.15) is 22.0 Å². The number of nitrogens with two attached hydrogens (primary N) is 1. The van der Waals surface area contributed by atoms with Crippen LogP contribution in [-0.2, 0) is 9.53 Å². The standard InChI is InChI=1S/C12H12N2O4/c1-18-12(17)10(13)7-5-14-8-4-2-3-6(9(7)8)11(15)16/h2-5,10,14H,13H2,1H3,(H,15,16). The van der Waals surface area contributed by atoms with Crippen molar-refractivity contribution in [3.8, 4) is 0 Å². The zero-order valence-electron chi connectivity index (χ0n) is 9.64. The smallest absolute Gasteiger partial charge is 0.336 e. The van der Waals surface area contributed by atoms with Crippen LogP contribution in [0, 0.1) is 0 Å². The average molecular weight is 248 g/mol. The minimum absolute atomic E-state index is 0.100. The first kappa shape index (κ1) is 12.1. The Labute approximate surface area is 102 Å². The number of carboxylic acids is 1. The van der Waals surface area contributed by atoms with Gasteiger partial charge in [0.2, 0.25) is 0 Å². The predicted molar refractivity (Wildman–Crippen MR) is 64.2 cm³/mol. The maximum absolute atomic E-state index is 11.4. The Morgan fingerprint density at radius 3 is 2.78 bits per heavy atom. The third kappa shape index (κ3) is 1.82. The molecule has 0 aliphatic carbocycles. The summed E-state index contributed by atoms with van der Waals surface area (Å²) in [5.74, 6) is -1.69. The number of hydrogen-bond acceptors (Lipinski definition) is 4. The molecule has 1 aromatic heterocycles. The summed E-state index contributed by atoms with van der Waals surface area (Å²) in [6, 6.07) is 3.79. The number of aromatic amines is 1. The molecule has 2 aromatic rings. The summed E-state index contributed by atoms with van der Waals surface area (Å²) < 4.78 is 4.56. The molecule has 94 valence electrons. The summed E-state index contributed by atoms with van der Waals surface area (Å²) in [7, 11) is 1.23. The second kappa shape index (κ2) is 4.50. The van der Waals surface area contributed by atoms with Gasteiger partial charge in [-0.1, -0.05) is 6.07 Å². The summed E-state index contributed by atoms with van der Waals surface area (Å²) in [5.41, 5.74) is 6.87. The van der Waals surface area contributed by atoms with Crippen molar-refractivity contribution >= 4 is 22.8 Å². The molecule has 0 aliphatic rings. The Morgan fingerprint density at radius 2 is 2.17 bits per heavy atom. The number of methoxy groups -OCH3 is 1. The van der Waals surface area contributed by atoms with Gasteiger partial charge in [0, 0.05) is 22.7 Å². The summed E-state index contributed by atoms with van der Waals surface area (Å²) in [4.78, 5) is 25.5. The number of benzene rings is 1. The highest BCUT2D eigenvalue weighted by Crippen LogP contribution is 2.27. The molecule has 0 fully saturated rings. The summed E-state index contributed by atoms with van der Waals surface area (Å²) >= 11 is 0. The number of H-pyrrole nitrogens is 1. The highest BCUT2D eigenvalue weighted by atomic mass is 16.5.